The zero-order valence-electron chi connectivity index (χ0n) is 20.2. The zero-order chi connectivity index (χ0) is 24.6. The Kier molecular flexibility index (Phi) is 8.27. The molecule has 1 aliphatic heterocycles. The number of ether oxygens (including phenoxy) is 1. The first kappa shape index (κ1) is 24.6. The molecular weight excluding hydrogens is 438 g/mol. The van der Waals surface area contributed by atoms with E-state index < -0.39 is 5.92 Å². The number of likely N-dealkylation sites (tertiary alicyclic amines) is 1. The number of esters is 1. The van der Waals surface area contributed by atoms with Crippen LogP contribution in [0.1, 0.15) is 51.9 Å². The first-order valence-electron chi connectivity index (χ1n) is 12.3. The number of hydrogen-bond acceptors (Lipinski definition) is 5. The average molecular weight is 472 g/mol. The second-order valence-corrected chi connectivity index (χ2v) is 9.02. The summed E-state index contributed by atoms with van der Waals surface area (Å²) in [6.45, 7) is 3.46. The maximum absolute atomic E-state index is 13.4. The minimum absolute atomic E-state index is 0.0140. The van der Waals surface area contributed by atoms with Crippen molar-refractivity contribution in [1.82, 2.24) is 9.88 Å². The lowest BCUT2D eigenvalue weighted by molar-refractivity contribution is -0.150. The number of hydrogen-bond donors (Lipinski definition) is 1. The topological polar surface area (TPSA) is 85.5 Å². The van der Waals surface area contributed by atoms with Gasteiger partial charge in [-0.25, -0.2) is 0 Å². The van der Waals surface area contributed by atoms with Gasteiger partial charge in [0.15, 0.2) is 0 Å². The van der Waals surface area contributed by atoms with Gasteiger partial charge in [-0.15, -0.1) is 0 Å². The van der Waals surface area contributed by atoms with Gasteiger partial charge < -0.3 is 15.4 Å². The molecule has 2 unspecified atom stereocenters. The quantitative estimate of drug-likeness (QED) is 0.499. The van der Waals surface area contributed by atoms with E-state index in [2.05, 4.69) is 23.2 Å². The van der Waals surface area contributed by atoms with Crippen molar-refractivity contribution in [1.29, 1.82) is 0 Å². The third-order valence-electron chi connectivity index (χ3n) is 6.69. The molecule has 4 rings (SSSR count). The molecule has 2 aromatic carbocycles. The molecule has 2 N–H and O–H groups in total. The van der Waals surface area contributed by atoms with Crippen LogP contribution >= 0.6 is 0 Å². The maximum atomic E-state index is 13.4. The molecule has 0 spiro atoms. The molecule has 0 saturated carbocycles. The average Bonchev–Trinajstić information content (AvgIpc) is 2.92. The standard InChI is InChI=1S/C29H33N3O3/c1-2-35-29(34)27-20-32(14-13-26(27)24-10-6-9-22(15-24)17-30)28(33)25-16-23(18-31-19-25)12-11-21-7-4-3-5-8-21/h3-10,15-16,18-19,26-27H,2,11-14,17,20,30H2,1H3. The van der Waals surface area contributed by atoms with Crippen molar-refractivity contribution in [2.75, 3.05) is 19.7 Å². The second-order valence-electron chi connectivity index (χ2n) is 9.02. The molecule has 1 aromatic heterocycles. The van der Waals surface area contributed by atoms with E-state index in [1.165, 1.54) is 5.56 Å². The zero-order valence-corrected chi connectivity index (χ0v) is 20.2. The molecule has 182 valence electrons. The van der Waals surface area contributed by atoms with E-state index in [-0.39, 0.29) is 17.8 Å². The number of pyridine rings is 1. The number of piperidine rings is 1. The van der Waals surface area contributed by atoms with Gasteiger partial charge in [0.05, 0.1) is 18.1 Å². The van der Waals surface area contributed by atoms with Gasteiger partial charge in [0.1, 0.15) is 0 Å². The van der Waals surface area contributed by atoms with Crippen LogP contribution in [-0.4, -0.2) is 41.5 Å². The molecule has 1 aliphatic rings. The Hall–Kier alpha value is -3.51. The number of rotatable bonds is 8. The van der Waals surface area contributed by atoms with Gasteiger partial charge in [-0.05, 0) is 54.5 Å². The van der Waals surface area contributed by atoms with Gasteiger partial charge in [-0.1, -0.05) is 54.6 Å². The van der Waals surface area contributed by atoms with E-state index in [1.54, 1.807) is 18.0 Å². The van der Waals surface area contributed by atoms with Gasteiger partial charge in [0.2, 0.25) is 0 Å². The highest BCUT2D eigenvalue weighted by Crippen LogP contribution is 2.35. The Bertz CT molecular complexity index is 1150. The highest BCUT2D eigenvalue weighted by molar-refractivity contribution is 5.94. The van der Waals surface area contributed by atoms with Crippen LogP contribution in [0.15, 0.2) is 73.1 Å². The molecule has 1 fully saturated rings. The van der Waals surface area contributed by atoms with Gasteiger partial charge in [0.25, 0.3) is 5.91 Å². The molecule has 6 nitrogen and oxygen atoms in total. The van der Waals surface area contributed by atoms with Crippen LogP contribution < -0.4 is 5.73 Å². The molecule has 0 radical (unpaired) electrons. The van der Waals surface area contributed by atoms with Gasteiger partial charge >= 0.3 is 5.97 Å². The SMILES string of the molecule is CCOC(=O)C1CN(C(=O)c2cncc(CCc3ccccc3)c2)CCC1c1cccc(CN)c1. The van der Waals surface area contributed by atoms with Crippen molar-refractivity contribution in [3.8, 4) is 0 Å². The van der Waals surface area contributed by atoms with Crippen LogP contribution in [0.5, 0.6) is 0 Å². The number of nitrogens with zero attached hydrogens (tertiary/aromatic N) is 2. The summed E-state index contributed by atoms with van der Waals surface area (Å²) in [6, 6.07) is 20.3. The van der Waals surface area contributed by atoms with E-state index >= 15 is 0 Å². The molecule has 0 aliphatic carbocycles. The van der Waals surface area contributed by atoms with Crippen molar-refractivity contribution in [2.24, 2.45) is 11.7 Å². The molecule has 6 heteroatoms. The van der Waals surface area contributed by atoms with Crippen LogP contribution in [0.3, 0.4) is 0 Å². The number of benzene rings is 2. The fourth-order valence-corrected chi connectivity index (χ4v) is 4.83. The van der Waals surface area contributed by atoms with Crippen LogP contribution in [-0.2, 0) is 28.9 Å². The number of carbonyl (C=O) groups excluding carboxylic acids is 2. The van der Waals surface area contributed by atoms with Gasteiger partial charge in [-0.3, -0.25) is 14.6 Å². The first-order chi connectivity index (χ1) is 17.1. The van der Waals surface area contributed by atoms with Crippen molar-refractivity contribution >= 4 is 11.9 Å². The lowest BCUT2D eigenvalue weighted by atomic mass is 9.79. The monoisotopic (exact) mass is 471 g/mol. The summed E-state index contributed by atoms with van der Waals surface area (Å²) >= 11 is 0. The summed E-state index contributed by atoms with van der Waals surface area (Å²) in [5, 5.41) is 0. The lowest BCUT2D eigenvalue weighted by Gasteiger charge is -2.37. The highest BCUT2D eigenvalue weighted by atomic mass is 16.5. The van der Waals surface area contributed by atoms with E-state index in [0.717, 1.165) is 29.5 Å². The first-order valence-corrected chi connectivity index (χ1v) is 12.3. The fraction of sp³-hybridized carbons (Fsp3) is 0.345. The summed E-state index contributed by atoms with van der Waals surface area (Å²) in [5.41, 5.74) is 10.8. The molecule has 1 amide bonds. The van der Waals surface area contributed by atoms with Crippen LogP contribution in [0.4, 0.5) is 0 Å². The smallest absolute Gasteiger partial charge is 0.311 e. The third kappa shape index (κ3) is 6.14. The Balaban J connectivity index is 1.49. The van der Waals surface area contributed by atoms with Gasteiger partial charge in [-0.2, -0.15) is 0 Å². The Labute approximate surface area is 207 Å². The summed E-state index contributed by atoms with van der Waals surface area (Å²) < 4.78 is 5.40. The molecule has 2 atom stereocenters. The fourth-order valence-electron chi connectivity index (χ4n) is 4.83. The summed E-state index contributed by atoms with van der Waals surface area (Å²) in [7, 11) is 0. The molecule has 3 aromatic rings. The predicted octanol–water partition coefficient (Wildman–Crippen LogP) is 4.13. The highest BCUT2D eigenvalue weighted by Gasteiger charge is 2.38. The lowest BCUT2D eigenvalue weighted by Crippen LogP contribution is -2.46. The molecule has 2 heterocycles. The van der Waals surface area contributed by atoms with E-state index in [0.29, 0.717) is 38.2 Å². The van der Waals surface area contributed by atoms with Crippen molar-refractivity contribution in [2.45, 2.75) is 38.6 Å². The van der Waals surface area contributed by atoms with E-state index in [4.69, 9.17) is 10.5 Å². The number of nitrogens with two attached hydrogens (primary N) is 1. The molecule has 0 bridgehead atoms. The van der Waals surface area contributed by atoms with Crippen LogP contribution in [0.25, 0.3) is 0 Å². The van der Waals surface area contributed by atoms with Crippen molar-refractivity contribution < 1.29 is 14.3 Å². The maximum Gasteiger partial charge on any atom is 0.311 e. The predicted molar refractivity (Wildman–Crippen MR) is 136 cm³/mol. The molecule has 1 saturated heterocycles. The largest absolute Gasteiger partial charge is 0.466 e. The summed E-state index contributed by atoms with van der Waals surface area (Å²) in [4.78, 5) is 32.4. The van der Waals surface area contributed by atoms with E-state index in [1.807, 2.05) is 48.7 Å². The number of amides is 1. The Morgan fingerprint density at radius 2 is 1.77 bits per heavy atom. The van der Waals surface area contributed by atoms with Crippen LogP contribution in [0.2, 0.25) is 0 Å². The van der Waals surface area contributed by atoms with Gasteiger partial charge in [0, 0.05) is 37.9 Å². The summed E-state index contributed by atoms with van der Waals surface area (Å²) in [5.74, 6) is -0.791. The summed E-state index contributed by atoms with van der Waals surface area (Å²) in [6.07, 6.45) is 5.81. The number of carbonyl (C=O) groups is 2. The van der Waals surface area contributed by atoms with Crippen LogP contribution in [0, 0.1) is 5.92 Å². The van der Waals surface area contributed by atoms with Crippen molar-refractivity contribution in [3.05, 3.63) is 101 Å². The number of aromatic nitrogens is 1. The third-order valence-corrected chi connectivity index (χ3v) is 6.69. The Morgan fingerprint density at radius 1 is 1.00 bits per heavy atom. The molecule has 35 heavy (non-hydrogen) atoms. The normalized spacial score (nSPS) is 17.7. The van der Waals surface area contributed by atoms with Crippen molar-refractivity contribution in [3.63, 3.8) is 0 Å². The minimum atomic E-state index is -0.421. The van der Waals surface area contributed by atoms with E-state index in [9.17, 15) is 9.59 Å². The number of aryl methyl sites for hydroxylation is 2. The molecular formula is C29H33N3O3. The second kappa shape index (κ2) is 11.8. The minimum Gasteiger partial charge on any atom is -0.466 e. The Morgan fingerprint density at radius 3 is 2.54 bits per heavy atom.